The maximum absolute atomic E-state index is 12.5. The molecule has 4 rings (SSSR count). The van der Waals surface area contributed by atoms with Crippen LogP contribution in [0.5, 0.6) is 5.75 Å². The van der Waals surface area contributed by atoms with Gasteiger partial charge in [-0.1, -0.05) is 12.1 Å². The third kappa shape index (κ3) is 2.72. The van der Waals surface area contributed by atoms with Crippen molar-refractivity contribution in [2.75, 3.05) is 18.2 Å². The Labute approximate surface area is 153 Å². The molecule has 26 heavy (non-hydrogen) atoms. The van der Waals surface area contributed by atoms with Gasteiger partial charge in [0, 0.05) is 4.88 Å². The number of para-hydroxylation sites is 2. The molecule has 0 saturated carbocycles. The Hall–Kier alpha value is -2.87. The zero-order valence-electron chi connectivity index (χ0n) is 14.2. The van der Waals surface area contributed by atoms with E-state index < -0.39 is 5.69 Å². The molecular weight excluding hydrogens is 352 g/mol. The fraction of sp³-hybridized carbons (Fsp3) is 0.278. The maximum Gasteiger partial charge on any atom is 0.351 e. The Morgan fingerprint density at radius 1 is 1.38 bits per heavy atom. The Morgan fingerprint density at radius 2 is 2.19 bits per heavy atom. The van der Waals surface area contributed by atoms with Crippen LogP contribution in [0.3, 0.4) is 0 Å². The third-order valence-corrected chi connectivity index (χ3v) is 5.85. The summed E-state index contributed by atoms with van der Waals surface area (Å²) < 4.78 is 6.64. The van der Waals surface area contributed by atoms with Crippen molar-refractivity contribution in [2.45, 2.75) is 25.8 Å². The number of carbonyl (C=O) groups excluding carboxylic acids is 1. The summed E-state index contributed by atoms with van der Waals surface area (Å²) in [4.78, 5) is 30.8. The van der Waals surface area contributed by atoms with Gasteiger partial charge in [0.1, 0.15) is 22.9 Å². The summed E-state index contributed by atoms with van der Waals surface area (Å²) in [6.45, 7) is -0.125. The molecule has 0 radical (unpaired) electrons. The van der Waals surface area contributed by atoms with Crippen LogP contribution in [0, 0.1) is 0 Å². The molecule has 1 aliphatic carbocycles. The van der Waals surface area contributed by atoms with Crippen molar-refractivity contribution in [3.8, 4) is 5.75 Å². The third-order valence-electron chi connectivity index (χ3n) is 4.53. The van der Waals surface area contributed by atoms with Gasteiger partial charge in [0.15, 0.2) is 0 Å². The van der Waals surface area contributed by atoms with Crippen molar-refractivity contribution in [1.82, 2.24) is 9.55 Å². The molecule has 134 valence electrons. The molecule has 0 saturated heterocycles. The molecule has 7 nitrogen and oxygen atoms in total. The minimum atomic E-state index is -0.509. The number of methoxy groups -OCH3 is 1. The summed E-state index contributed by atoms with van der Waals surface area (Å²) in [7, 11) is 1.54. The van der Waals surface area contributed by atoms with Crippen LogP contribution in [-0.4, -0.2) is 22.6 Å². The normalized spacial score (nSPS) is 13.0. The van der Waals surface area contributed by atoms with E-state index in [9.17, 15) is 9.59 Å². The van der Waals surface area contributed by atoms with E-state index in [1.54, 1.807) is 18.2 Å². The first-order valence-electron chi connectivity index (χ1n) is 8.32. The molecule has 2 aromatic heterocycles. The smallest absolute Gasteiger partial charge is 0.351 e. The summed E-state index contributed by atoms with van der Waals surface area (Å²) >= 11 is 1.54. The predicted molar refractivity (Wildman–Crippen MR) is 102 cm³/mol. The first-order chi connectivity index (χ1) is 12.6. The largest absolute Gasteiger partial charge is 0.495 e. The number of nitrogen functional groups attached to an aromatic ring is 1. The fourth-order valence-electron chi connectivity index (χ4n) is 3.37. The lowest BCUT2D eigenvalue weighted by Crippen LogP contribution is -2.30. The molecule has 1 aliphatic rings. The molecule has 1 aromatic carbocycles. The number of benzene rings is 1. The van der Waals surface area contributed by atoms with Crippen LogP contribution in [0.15, 0.2) is 29.1 Å². The van der Waals surface area contributed by atoms with Gasteiger partial charge in [0.05, 0.1) is 18.2 Å². The number of amides is 1. The summed E-state index contributed by atoms with van der Waals surface area (Å²) in [6.07, 6.45) is 3.01. The van der Waals surface area contributed by atoms with Gasteiger partial charge in [-0.05, 0) is 37.0 Å². The van der Waals surface area contributed by atoms with Crippen LogP contribution in [-0.2, 0) is 24.2 Å². The van der Waals surface area contributed by atoms with Gasteiger partial charge in [0.25, 0.3) is 0 Å². The summed E-state index contributed by atoms with van der Waals surface area (Å²) in [6, 6.07) is 7.13. The molecule has 0 fully saturated rings. The molecule has 0 aliphatic heterocycles. The van der Waals surface area contributed by atoms with Crippen LogP contribution in [0.2, 0.25) is 0 Å². The van der Waals surface area contributed by atoms with E-state index in [0.29, 0.717) is 11.4 Å². The Bertz CT molecular complexity index is 1070. The van der Waals surface area contributed by atoms with Crippen LogP contribution in [0.4, 0.5) is 11.5 Å². The van der Waals surface area contributed by atoms with Crippen LogP contribution in [0.1, 0.15) is 16.9 Å². The molecule has 0 unspecified atom stereocenters. The highest BCUT2D eigenvalue weighted by Gasteiger charge is 2.23. The average Bonchev–Trinajstić information content (AvgIpc) is 3.20. The van der Waals surface area contributed by atoms with Gasteiger partial charge >= 0.3 is 5.69 Å². The summed E-state index contributed by atoms with van der Waals surface area (Å²) in [5.41, 5.74) is 7.22. The van der Waals surface area contributed by atoms with Crippen LogP contribution >= 0.6 is 11.3 Å². The number of thiophene rings is 1. The molecule has 0 bridgehead atoms. The van der Waals surface area contributed by atoms with Gasteiger partial charge in [-0.25, -0.2) is 4.79 Å². The van der Waals surface area contributed by atoms with E-state index in [-0.39, 0.29) is 18.3 Å². The number of hydrogen-bond donors (Lipinski definition) is 2. The second-order valence-corrected chi connectivity index (χ2v) is 7.24. The second kappa shape index (κ2) is 6.45. The van der Waals surface area contributed by atoms with Crippen molar-refractivity contribution in [3.05, 3.63) is 45.2 Å². The number of nitrogens with two attached hydrogens (primary N) is 1. The minimum Gasteiger partial charge on any atom is -0.495 e. The number of aryl methyl sites for hydroxylation is 2. The van der Waals surface area contributed by atoms with Crippen molar-refractivity contribution < 1.29 is 9.53 Å². The van der Waals surface area contributed by atoms with Crippen molar-refractivity contribution in [1.29, 1.82) is 0 Å². The first-order valence-corrected chi connectivity index (χ1v) is 9.13. The molecule has 0 atom stereocenters. The highest BCUT2D eigenvalue weighted by Crippen LogP contribution is 2.38. The highest BCUT2D eigenvalue weighted by atomic mass is 32.1. The predicted octanol–water partition coefficient (Wildman–Crippen LogP) is 2.18. The number of carbonyl (C=O) groups is 1. The highest BCUT2D eigenvalue weighted by molar-refractivity contribution is 7.19. The van der Waals surface area contributed by atoms with Gasteiger partial charge in [-0.15, -0.1) is 11.3 Å². The zero-order chi connectivity index (χ0) is 18.3. The Kier molecular flexibility index (Phi) is 4.12. The quantitative estimate of drug-likeness (QED) is 0.733. The zero-order valence-corrected chi connectivity index (χ0v) is 15.1. The lowest BCUT2D eigenvalue weighted by atomic mass is 10.2. The van der Waals surface area contributed by atoms with Crippen LogP contribution in [0.25, 0.3) is 10.2 Å². The number of rotatable bonds is 4. The van der Waals surface area contributed by atoms with Gasteiger partial charge in [0.2, 0.25) is 5.91 Å². The van der Waals surface area contributed by atoms with Crippen molar-refractivity contribution >= 4 is 39.0 Å². The SMILES string of the molecule is COc1ccccc1NC(=O)Cn1c(=O)nc(N)c2c3c(sc21)CCC3. The van der Waals surface area contributed by atoms with Gasteiger partial charge < -0.3 is 15.8 Å². The van der Waals surface area contributed by atoms with E-state index in [1.807, 2.05) is 6.07 Å². The molecule has 0 spiro atoms. The average molecular weight is 370 g/mol. The number of ether oxygens (including phenoxy) is 1. The molecule has 3 N–H and O–H groups in total. The lowest BCUT2D eigenvalue weighted by Gasteiger charge is -2.11. The van der Waals surface area contributed by atoms with E-state index in [2.05, 4.69) is 10.3 Å². The standard InChI is InChI=1S/C18H18N4O3S/c1-25-12-7-3-2-6-11(12)20-14(23)9-22-17-15(16(19)21-18(22)24)10-5-4-8-13(10)26-17/h2-3,6-7H,4-5,8-9H2,1H3,(H,20,23)(H2,19,21,24). The maximum atomic E-state index is 12.5. The van der Waals surface area contributed by atoms with Gasteiger partial charge in [-0.2, -0.15) is 4.98 Å². The fourth-order valence-corrected chi connectivity index (χ4v) is 4.76. The molecular formula is C18H18N4O3S. The number of fused-ring (bicyclic) bond motifs is 3. The van der Waals surface area contributed by atoms with E-state index in [1.165, 1.54) is 33.5 Å². The molecule has 3 aromatic rings. The molecule has 1 amide bonds. The van der Waals surface area contributed by atoms with Crippen molar-refractivity contribution in [2.24, 2.45) is 0 Å². The Balaban J connectivity index is 1.69. The number of aromatic nitrogens is 2. The summed E-state index contributed by atoms with van der Waals surface area (Å²) in [5, 5.41) is 3.61. The molecule has 8 heteroatoms. The summed E-state index contributed by atoms with van der Waals surface area (Å²) in [5.74, 6) is 0.493. The lowest BCUT2D eigenvalue weighted by molar-refractivity contribution is -0.116. The van der Waals surface area contributed by atoms with Crippen molar-refractivity contribution in [3.63, 3.8) is 0 Å². The topological polar surface area (TPSA) is 99.2 Å². The van der Waals surface area contributed by atoms with Gasteiger partial charge in [-0.3, -0.25) is 9.36 Å². The van der Waals surface area contributed by atoms with Crippen LogP contribution < -0.4 is 21.5 Å². The molecule has 2 heterocycles. The number of nitrogens with one attached hydrogen (secondary N) is 1. The van der Waals surface area contributed by atoms with E-state index in [4.69, 9.17) is 10.5 Å². The first kappa shape index (κ1) is 16.6. The number of hydrogen-bond acceptors (Lipinski definition) is 6. The number of nitrogens with zero attached hydrogens (tertiary/aromatic N) is 2. The van der Waals surface area contributed by atoms with E-state index in [0.717, 1.165) is 29.5 Å². The second-order valence-electron chi connectivity index (χ2n) is 6.15. The van der Waals surface area contributed by atoms with E-state index >= 15 is 0 Å². The number of anilines is 2. The minimum absolute atomic E-state index is 0.125. The monoisotopic (exact) mass is 370 g/mol. The Morgan fingerprint density at radius 3 is 3.00 bits per heavy atom.